The van der Waals surface area contributed by atoms with E-state index in [2.05, 4.69) is 10.3 Å². The minimum Gasteiger partial charge on any atom is -0.305 e. The molecule has 0 saturated carbocycles. The molecule has 1 aliphatic rings. The van der Waals surface area contributed by atoms with Crippen molar-refractivity contribution in [2.24, 2.45) is 0 Å². The van der Waals surface area contributed by atoms with Crippen molar-refractivity contribution in [1.82, 2.24) is 14.9 Å². The first kappa shape index (κ1) is 10.9. The summed E-state index contributed by atoms with van der Waals surface area (Å²) in [5.41, 5.74) is 1.65. The van der Waals surface area contributed by atoms with Gasteiger partial charge in [0.25, 0.3) is 0 Å². The van der Waals surface area contributed by atoms with Crippen molar-refractivity contribution in [3.05, 3.63) is 33.7 Å². The van der Waals surface area contributed by atoms with Gasteiger partial charge in [0.2, 0.25) is 0 Å². The third-order valence-corrected chi connectivity index (χ3v) is 3.51. The predicted octanol–water partition coefficient (Wildman–Crippen LogP) is 2.26. The van der Waals surface area contributed by atoms with Gasteiger partial charge >= 0.3 is 5.69 Å². The van der Waals surface area contributed by atoms with Gasteiger partial charge in [-0.3, -0.25) is 9.88 Å². The molecule has 1 aromatic heterocycles. The Morgan fingerprint density at radius 1 is 1.35 bits per heavy atom. The lowest BCUT2D eigenvalue weighted by Gasteiger charge is -2.24. The molecule has 3 rings (SSSR count). The van der Waals surface area contributed by atoms with Crippen LogP contribution in [0.2, 0.25) is 5.02 Å². The van der Waals surface area contributed by atoms with Gasteiger partial charge in [-0.25, -0.2) is 4.79 Å². The third kappa shape index (κ3) is 1.87. The number of aromatic nitrogens is 2. The molecule has 0 aliphatic carbocycles. The summed E-state index contributed by atoms with van der Waals surface area (Å²) in [5.74, 6) is 0. The normalized spacial score (nSPS) is 20.9. The minimum atomic E-state index is -0.0679. The standard InChI is InChI=1S/C12H14ClN3O/c13-8-4-5-10-9(7-8)15-12(17)16(10)11-3-1-2-6-14-11/h4-5,7,11,14H,1-3,6H2,(H,15,17). The first-order chi connectivity index (χ1) is 8.25. The minimum absolute atomic E-state index is 0.0679. The average molecular weight is 252 g/mol. The number of imidazole rings is 1. The summed E-state index contributed by atoms with van der Waals surface area (Å²) in [5, 5.41) is 4.02. The van der Waals surface area contributed by atoms with E-state index in [1.54, 1.807) is 10.6 Å². The number of benzene rings is 1. The van der Waals surface area contributed by atoms with E-state index in [1.165, 1.54) is 6.42 Å². The summed E-state index contributed by atoms with van der Waals surface area (Å²) in [4.78, 5) is 14.8. The molecule has 1 saturated heterocycles. The highest BCUT2D eigenvalue weighted by atomic mass is 35.5. The van der Waals surface area contributed by atoms with Gasteiger partial charge in [-0.15, -0.1) is 0 Å². The van der Waals surface area contributed by atoms with E-state index < -0.39 is 0 Å². The van der Waals surface area contributed by atoms with Gasteiger partial charge in [-0.2, -0.15) is 0 Å². The van der Waals surface area contributed by atoms with Crippen LogP contribution in [-0.4, -0.2) is 16.1 Å². The number of nitrogens with zero attached hydrogens (tertiary/aromatic N) is 1. The number of fused-ring (bicyclic) bond motifs is 1. The van der Waals surface area contributed by atoms with Gasteiger partial charge < -0.3 is 4.98 Å². The molecular formula is C12H14ClN3O. The van der Waals surface area contributed by atoms with E-state index in [1.807, 2.05) is 12.1 Å². The van der Waals surface area contributed by atoms with Crippen LogP contribution in [0.3, 0.4) is 0 Å². The molecular weight excluding hydrogens is 238 g/mol. The maximum absolute atomic E-state index is 12.0. The zero-order valence-electron chi connectivity index (χ0n) is 9.37. The molecule has 0 spiro atoms. The number of hydrogen-bond acceptors (Lipinski definition) is 2. The topological polar surface area (TPSA) is 49.8 Å². The van der Waals surface area contributed by atoms with Crippen molar-refractivity contribution in [2.75, 3.05) is 6.54 Å². The van der Waals surface area contributed by atoms with E-state index in [9.17, 15) is 4.79 Å². The van der Waals surface area contributed by atoms with Gasteiger partial charge in [-0.05, 0) is 44.0 Å². The zero-order valence-corrected chi connectivity index (χ0v) is 10.1. The summed E-state index contributed by atoms with van der Waals surface area (Å²) in [6.45, 7) is 0.970. The molecule has 4 nitrogen and oxygen atoms in total. The molecule has 2 aromatic rings. The highest BCUT2D eigenvalue weighted by Crippen LogP contribution is 2.22. The summed E-state index contributed by atoms with van der Waals surface area (Å²) >= 11 is 5.92. The Morgan fingerprint density at radius 3 is 3.00 bits per heavy atom. The third-order valence-electron chi connectivity index (χ3n) is 3.27. The van der Waals surface area contributed by atoms with Crippen molar-refractivity contribution >= 4 is 22.6 Å². The Bertz CT molecular complexity index is 595. The van der Waals surface area contributed by atoms with Gasteiger partial charge in [0.1, 0.15) is 0 Å². The number of rotatable bonds is 1. The summed E-state index contributed by atoms with van der Waals surface area (Å²) < 4.78 is 1.80. The molecule has 0 bridgehead atoms. The second-order valence-electron chi connectivity index (χ2n) is 4.43. The number of aromatic amines is 1. The van der Waals surface area contributed by atoms with Gasteiger partial charge in [0.05, 0.1) is 17.2 Å². The summed E-state index contributed by atoms with van der Waals surface area (Å²) in [7, 11) is 0. The number of H-pyrrole nitrogens is 1. The van der Waals surface area contributed by atoms with Crippen LogP contribution in [0, 0.1) is 0 Å². The molecule has 2 N–H and O–H groups in total. The molecule has 1 aromatic carbocycles. The van der Waals surface area contributed by atoms with Crippen molar-refractivity contribution < 1.29 is 0 Å². The van der Waals surface area contributed by atoms with Crippen LogP contribution in [0.1, 0.15) is 25.4 Å². The van der Waals surface area contributed by atoms with Crippen LogP contribution >= 0.6 is 11.6 Å². The van der Waals surface area contributed by atoms with E-state index in [0.29, 0.717) is 5.02 Å². The zero-order chi connectivity index (χ0) is 11.8. The molecule has 17 heavy (non-hydrogen) atoms. The Hall–Kier alpha value is -1.26. The molecule has 0 radical (unpaired) electrons. The van der Waals surface area contributed by atoms with E-state index >= 15 is 0 Å². The lowest BCUT2D eigenvalue weighted by atomic mass is 10.1. The fourth-order valence-electron chi connectivity index (χ4n) is 2.47. The highest BCUT2D eigenvalue weighted by molar-refractivity contribution is 6.31. The maximum Gasteiger partial charge on any atom is 0.327 e. The molecule has 5 heteroatoms. The Morgan fingerprint density at radius 2 is 2.24 bits per heavy atom. The Kier molecular flexibility index (Phi) is 2.68. The molecule has 1 unspecified atom stereocenters. The molecule has 90 valence electrons. The second-order valence-corrected chi connectivity index (χ2v) is 4.86. The molecule has 0 amide bonds. The van der Waals surface area contributed by atoms with Crippen molar-refractivity contribution in [3.8, 4) is 0 Å². The van der Waals surface area contributed by atoms with E-state index in [0.717, 1.165) is 30.4 Å². The van der Waals surface area contributed by atoms with Crippen LogP contribution in [0.25, 0.3) is 11.0 Å². The van der Waals surface area contributed by atoms with Crippen molar-refractivity contribution in [3.63, 3.8) is 0 Å². The van der Waals surface area contributed by atoms with Gasteiger partial charge in [0.15, 0.2) is 0 Å². The van der Waals surface area contributed by atoms with Crippen LogP contribution in [-0.2, 0) is 0 Å². The van der Waals surface area contributed by atoms with Crippen LogP contribution in [0.5, 0.6) is 0 Å². The maximum atomic E-state index is 12.0. The number of halogens is 1. The summed E-state index contributed by atoms with van der Waals surface area (Å²) in [6.07, 6.45) is 3.44. The smallest absolute Gasteiger partial charge is 0.305 e. The predicted molar refractivity (Wildman–Crippen MR) is 68.5 cm³/mol. The van der Waals surface area contributed by atoms with Crippen molar-refractivity contribution in [2.45, 2.75) is 25.4 Å². The lowest BCUT2D eigenvalue weighted by molar-refractivity contribution is 0.321. The largest absolute Gasteiger partial charge is 0.327 e. The number of nitrogens with one attached hydrogen (secondary N) is 2. The average Bonchev–Trinajstić information content (AvgIpc) is 2.65. The first-order valence-electron chi connectivity index (χ1n) is 5.89. The molecule has 1 atom stereocenters. The number of piperidine rings is 1. The first-order valence-corrected chi connectivity index (χ1v) is 6.26. The lowest BCUT2D eigenvalue weighted by Crippen LogP contribution is -2.36. The Labute approximate surface area is 104 Å². The molecule has 2 heterocycles. The number of hydrogen-bond donors (Lipinski definition) is 2. The summed E-state index contributed by atoms with van der Waals surface area (Å²) in [6, 6.07) is 5.50. The van der Waals surface area contributed by atoms with Gasteiger partial charge in [-0.1, -0.05) is 11.6 Å². The second kappa shape index (κ2) is 4.20. The van der Waals surface area contributed by atoms with Crippen LogP contribution in [0.4, 0.5) is 0 Å². The van der Waals surface area contributed by atoms with E-state index in [4.69, 9.17) is 11.6 Å². The molecule has 1 fully saturated rings. The highest BCUT2D eigenvalue weighted by Gasteiger charge is 2.18. The Balaban J connectivity index is 2.14. The van der Waals surface area contributed by atoms with E-state index in [-0.39, 0.29) is 11.9 Å². The quantitative estimate of drug-likeness (QED) is 0.817. The van der Waals surface area contributed by atoms with Crippen LogP contribution in [0.15, 0.2) is 23.0 Å². The fraction of sp³-hybridized carbons (Fsp3) is 0.417. The van der Waals surface area contributed by atoms with Crippen molar-refractivity contribution in [1.29, 1.82) is 0 Å². The molecule has 1 aliphatic heterocycles. The monoisotopic (exact) mass is 251 g/mol. The fourth-order valence-corrected chi connectivity index (χ4v) is 2.64. The van der Waals surface area contributed by atoms with Crippen LogP contribution < -0.4 is 11.0 Å². The van der Waals surface area contributed by atoms with Gasteiger partial charge in [0, 0.05) is 5.02 Å². The SMILES string of the molecule is O=c1[nH]c2cc(Cl)ccc2n1C1CCCCN1.